The Balaban J connectivity index is 1.96. The summed E-state index contributed by atoms with van der Waals surface area (Å²) in [6.07, 6.45) is 9.40. The van der Waals surface area contributed by atoms with Crippen molar-refractivity contribution < 1.29 is 4.79 Å². The second-order valence-electron chi connectivity index (χ2n) is 4.77. The molecule has 1 amide bonds. The number of carbonyl (C=O) groups excluding carboxylic acids is 1. The molecule has 1 aliphatic rings. The highest BCUT2D eigenvalue weighted by atomic mass is 16.2. The second kappa shape index (κ2) is 6.79. The fraction of sp³-hybridized carbons (Fsp3) is 0.500. The molecule has 0 aliphatic carbocycles. The van der Waals surface area contributed by atoms with Gasteiger partial charge in [-0.1, -0.05) is 0 Å². The van der Waals surface area contributed by atoms with E-state index in [1.54, 1.807) is 22.8 Å². The van der Waals surface area contributed by atoms with E-state index in [-0.39, 0.29) is 5.91 Å². The van der Waals surface area contributed by atoms with Crippen LogP contribution in [-0.4, -0.2) is 59.8 Å². The number of aromatic nitrogens is 2. The van der Waals surface area contributed by atoms with Crippen LogP contribution in [-0.2, 0) is 11.8 Å². The van der Waals surface area contributed by atoms with Crippen LogP contribution in [0.15, 0.2) is 17.4 Å². The van der Waals surface area contributed by atoms with Crippen LogP contribution in [0.2, 0.25) is 0 Å². The molecule has 0 bridgehead atoms. The van der Waals surface area contributed by atoms with E-state index in [9.17, 15) is 4.79 Å². The number of aliphatic imine (C=N–C) groups is 1. The SMILES string of the molecule is C#CCCNC(=NC)N1CCN(c2cnn(C)c2)C(=O)C1. The minimum absolute atomic E-state index is 0.0362. The number of hydrogen-bond donors (Lipinski definition) is 1. The van der Waals surface area contributed by atoms with Gasteiger partial charge in [0.05, 0.1) is 11.9 Å². The maximum absolute atomic E-state index is 12.3. The van der Waals surface area contributed by atoms with E-state index < -0.39 is 0 Å². The van der Waals surface area contributed by atoms with Crippen molar-refractivity contribution in [1.29, 1.82) is 0 Å². The number of piperazine rings is 1. The van der Waals surface area contributed by atoms with Gasteiger partial charge < -0.3 is 15.1 Å². The highest BCUT2D eigenvalue weighted by molar-refractivity contribution is 5.98. The number of anilines is 1. The largest absolute Gasteiger partial charge is 0.355 e. The Kier molecular flexibility index (Phi) is 4.82. The first-order chi connectivity index (χ1) is 10.2. The molecule has 0 radical (unpaired) electrons. The van der Waals surface area contributed by atoms with Gasteiger partial charge in [-0.15, -0.1) is 12.3 Å². The molecule has 1 N–H and O–H groups in total. The highest BCUT2D eigenvalue weighted by Gasteiger charge is 2.27. The van der Waals surface area contributed by atoms with Crippen molar-refractivity contribution in [2.45, 2.75) is 6.42 Å². The zero-order chi connectivity index (χ0) is 15.2. The summed E-state index contributed by atoms with van der Waals surface area (Å²) in [5.74, 6) is 3.32. The number of aryl methyl sites for hydroxylation is 1. The summed E-state index contributed by atoms with van der Waals surface area (Å²) in [7, 11) is 3.54. The summed E-state index contributed by atoms with van der Waals surface area (Å²) < 4.78 is 1.69. The Bertz CT molecular complexity index is 570. The van der Waals surface area contributed by atoms with Crippen molar-refractivity contribution in [3.8, 4) is 12.3 Å². The topological polar surface area (TPSA) is 65.8 Å². The number of nitrogens with one attached hydrogen (secondary N) is 1. The number of amides is 1. The number of terminal acetylenes is 1. The fourth-order valence-electron chi connectivity index (χ4n) is 2.25. The molecular weight excluding hydrogens is 268 g/mol. The van der Waals surface area contributed by atoms with Gasteiger partial charge in [-0.3, -0.25) is 14.5 Å². The molecule has 1 fully saturated rings. The fourth-order valence-corrected chi connectivity index (χ4v) is 2.25. The quantitative estimate of drug-likeness (QED) is 0.358. The zero-order valence-electron chi connectivity index (χ0n) is 12.4. The standard InChI is InChI=1S/C14H20N6O/c1-4-5-6-16-14(15-2)19-7-8-20(13(21)11-19)12-9-17-18(3)10-12/h1,9-10H,5-8,11H2,2-3H3,(H,15,16). The summed E-state index contributed by atoms with van der Waals surface area (Å²) in [5.41, 5.74) is 0.831. The summed E-state index contributed by atoms with van der Waals surface area (Å²) in [6, 6.07) is 0. The molecule has 21 heavy (non-hydrogen) atoms. The summed E-state index contributed by atoms with van der Waals surface area (Å²) in [5, 5.41) is 7.27. The molecule has 7 heteroatoms. The molecule has 1 aromatic heterocycles. The first-order valence-electron chi connectivity index (χ1n) is 6.83. The van der Waals surface area contributed by atoms with Crippen molar-refractivity contribution in [1.82, 2.24) is 20.0 Å². The Morgan fingerprint density at radius 2 is 2.38 bits per heavy atom. The third-order valence-electron chi connectivity index (χ3n) is 3.29. The van der Waals surface area contributed by atoms with Gasteiger partial charge in [-0.05, 0) is 0 Å². The molecule has 112 valence electrons. The lowest BCUT2D eigenvalue weighted by atomic mass is 10.3. The first-order valence-corrected chi connectivity index (χ1v) is 6.83. The molecule has 0 spiro atoms. The molecule has 0 atom stereocenters. The third-order valence-corrected chi connectivity index (χ3v) is 3.29. The highest BCUT2D eigenvalue weighted by Crippen LogP contribution is 2.15. The number of guanidine groups is 1. The summed E-state index contributed by atoms with van der Waals surface area (Å²) in [4.78, 5) is 20.2. The van der Waals surface area contributed by atoms with Crippen LogP contribution in [0.5, 0.6) is 0 Å². The van der Waals surface area contributed by atoms with Crippen LogP contribution in [0, 0.1) is 12.3 Å². The molecule has 2 rings (SSSR count). The lowest BCUT2D eigenvalue weighted by molar-refractivity contribution is -0.120. The minimum Gasteiger partial charge on any atom is -0.355 e. The second-order valence-corrected chi connectivity index (χ2v) is 4.77. The van der Waals surface area contributed by atoms with Crippen molar-refractivity contribution >= 4 is 17.6 Å². The van der Waals surface area contributed by atoms with Crippen LogP contribution >= 0.6 is 0 Å². The molecule has 1 saturated heterocycles. The zero-order valence-corrected chi connectivity index (χ0v) is 12.4. The normalized spacial score (nSPS) is 16.0. The van der Waals surface area contributed by atoms with E-state index in [0.717, 1.165) is 12.2 Å². The lowest BCUT2D eigenvalue weighted by Gasteiger charge is -2.35. The smallest absolute Gasteiger partial charge is 0.246 e. The van der Waals surface area contributed by atoms with Crippen LogP contribution in [0.4, 0.5) is 5.69 Å². The van der Waals surface area contributed by atoms with Crippen molar-refractivity contribution in [3.63, 3.8) is 0 Å². The predicted octanol–water partition coefficient (Wildman–Crippen LogP) is -0.333. The Hall–Kier alpha value is -2.49. The van der Waals surface area contributed by atoms with E-state index in [4.69, 9.17) is 6.42 Å². The van der Waals surface area contributed by atoms with E-state index >= 15 is 0 Å². The number of carbonyl (C=O) groups is 1. The van der Waals surface area contributed by atoms with E-state index in [1.165, 1.54) is 0 Å². The van der Waals surface area contributed by atoms with Crippen molar-refractivity contribution in [2.75, 3.05) is 38.1 Å². The summed E-state index contributed by atoms with van der Waals surface area (Å²) >= 11 is 0. The monoisotopic (exact) mass is 288 g/mol. The van der Waals surface area contributed by atoms with Gasteiger partial charge in [0.25, 0.3) is 0 Å². The van der Waals surface area contributed by atoms with Gasteiger partial charge in [0.2, 0.25) is 5.91 Å². The molecule has 1 aromatic rings. The molecular formula is C14H20N6O. The van der Waals surface area contributed by atoms with Crippen molar-refractivity contribution in [2.24, 2.45) is 12.0 Å². The molecule has 2 heterocycles. The van der Waals surface area contributed by atoms with Crippen LogP contribution in [0.25, 0.3) is 0 Å². The van der Waals surface area contributed by atoms with E-state index in [1.807, 2.05) is 18.1 Å². The molecule has 0 saturated carbocycles. The summed E-state index contributed by atoms with van der Waals surface area (Å²) in [6.45, 7) is 2.28. The Morgan fingerprint density at radius 1 is 1.57 bits per heavy atom. The molecule has 1 aliphatic heterocycles. The van der Waals surface area contributed by atoms with E-state index in [2.05, 4.69) is 21.3 Å². The molecule has 0 aromatic carbocycles. The van der Waals surface area contributed by atoms with Crippen molar-refractivity contribution in [3.05, 3.63) is 12.4 Å². The number of hydrogen-bond acceptors (Lipinski definition) is 3. The van der Waals surface area contributed by atoms with Crippen LogP contribution in [0.1, 0.15) is 6.42 Å². The van der Waals surface area contributed by atoms with Gasteiger partial charge >= 0.3 is 0 Å². The lowest BCUT2D eigenvalue weighted by Crippen LogP contribution is -2.55. The molecule has 7 nitrogen and oxygen atoms in total. The number of rotatable bonds is 3. The maximum atomic E-state index is 12.3. The minimum atomic E-state index is 0.0362. The van der Waals surface area contributed by atoms with Gasteiger partial charge in [0.15, 0.2) is 5.96 Å². The number of nitrogens with zero attached hydrogens (tertiary/aromatic N) is 5. The predicted molar refractivity (Wildman–Crippen MR) is 81.9 cm³/mol. The molecule has 0 unspecified atom stereocenters. The van der Waals surface area contributed by atoms with Gasteiger partial charge in [-0.2, -0.15) is 5.10 Å². The van der Waals surface area contributed by atoms with Crippen LogP contribution in [0.3, 0.4) is 0 Å². The van der Waals surface area contributed by atoms with Gasteiger partial charge in [0.1, 0.15) is 6.54 Å². The van der Waals surface area contributed by atoms with E-state index in [0.29, 0.717) is 32.0 Å². The maximum Gasteiger partial charge on any atom is 0.246 e. The van der Waals surface area contributed by atoms with Gasteiger partial charge in [0, 0.05) is 46.3 Å². The third kappa shape index (κ3) is 3.54. The van der Waals surface area contributed by atoms with Gasteiger partial charge in [-0.25, -0.2) is 0 Å². The first kappa shape index (κ1) is 14.9. The van der Waals surface area contributed by atoms with Crippen LogP contribution < -0.4 is 10.2 Å². The average molecular weight is 288 g/mol. The average Bonchev–Trinajstić information content (AvgIpc) is 2.90. The Morgan fingerprint density at radius 3 is 2.95 bits per heavy atom. The Labute approximate surface area is 124 Å².